The Morgan fingerprint density at radius 2 is 2.00 bits per heavy atom. The van der Waals surface area contributed by atoms with Crippen molar-refractivity contribution in [3.05, 3.63) is 34.9 Å². The number of amides is 3. The molecule has 1 aliphatic carbocycles. The van der Waals surface area contributed by atoms with Gasteiger partial charge in [0, 0.05) is 13.1 Å². The van der Waals surface area contributed by atoms with Gasteiger partial charge in [-0.05, 0) is 55.7 Å². The number of rotatable bonds is 2. The molecule has 0 radical (unpaired) electrons. The van der Waals surface area contributed by atoms with Crippen LogP contribution in [0.15, 0.2) is 18.2 Å². The number of hydrogen-bond acceptors (Lipinski definition) is 2. The quantitative estimate of drug-likeness (QED) is 0.878. The van der Waals surface area contributed by atoms with Gasteiger partial charge < -0.3 is 15.5 Å². The highest BCUT2D eigenvalue weighted by Crippen LogP contribution is 2.24. The number of benzene rings is 1. The minimum absolute atomic E-state index is 0.0546. The fourth-order valence-corrected chi connectivity index (χ4v) is 3.36. The van der Waals surface area contributed by atoms with Crippen molar-refractivity contribution in [3.8, 4) is 0 Å². The zero-order valence-corrected chi connectivity index (χ0v) is 13.7. The van der Waals surface area contributed by atoms with Crippen molar-refractivity contribution >= 4 is 11.9 Å². The summed E-state index contributed by atoms with van der Waals surface area (Å²) < 4.78 is 0. The highest BCUT2D eigenvalue weighted by molar-refractivity contribution is 5.84. The molecule has 0 saturated carbocycles. The van der Waals surface area contributed by atoms with Crippen LogP contribution in [0.2, 0.25) is 0 Å². The van der Waals surface area contributed by atoms with Crippen LogP contribution in [0, 0.1) is 0 Å². The van der Waals surface area contributed by atoms with Crippen molar-refractivity contribution in [3.63, 3.8) is 0 Å². The Bertz CT molecular complexity index is 600. The van der Waals surface area contributed by atoms with Crippen molar-refractivity contribution in [1.82, 2.24) is 15.5 Å². The second kappa shape index (κ2) is 7.02. The summed E-state index contributed by atoms with van der Waals surface area (Å²) in [6.07, 6.45) is 5.62. The number of aryl methyl sites for hydroxylation is 2. The fraction of sp³-hybridized carbons (Fsp3) is 0.556. The molecule has 1 saturated heterocycles. The monoisotopic (exact) mass is 315 g/mol. The van der Waals surface area contributed by atoms with Gasteiger partial charge in [0.15, 0.2) is 0 Å². The number of carbonyl (C=O) groups excluding carboxylic acids is 2. The summed E-state index contributed by atoms with van der Waals surface area (Å²) in [6.45, 7) is 3.40. The molecule has 1 aromatic rings. The first kappa shape index (κ1) is 15.8. The first-order chi connectivity index (χ1) is 11.1. The molecule has 1 fully saturated rings. The maximum atomic E-state index is 12.4. The highest BCUT2D eigenvalue weighted by atomic mass is 16.2. The summed E-state index contributed by atoms with van der Waals surface area (Å²) in [7, 11) is 0. The Morgan fingerprint density at radius 3 is 2.83 bits per heavy atom. The number of nitrogens with one attached hydrogen (secondary N) is 2. The van der Waals surface area contributed by atoms with Gasteiger partial charge in [0.1, 0.15) is 6.54 Å². The number of nitrogens with zero attached hydrogens (tertiary/aromatic N) is 1. The predicted octanol–water partition coefficient (Wildman–Crippen LogP) is 2.16. The van der Waals surface area contributed by atoms with E-state index in [-0.39, 0.29) is 24.5 Å². The van der Waals surface area contributed by atoms with Gasteiger partial charge in [-0.15, -0.1) is 0 Å². The molecule has 23 heavy (non-hydrogen) atoms. The van der Waals surface area contributed by atoms with Crippen LogP contribution in [0.3, 0.4) is 0 Å². The molecule has 5 heteroatoms. The van der Waals surface area contributed by atoms with Crippen molar-refractivity contribution < 1.29 is 9.59 Å². The van der Waals surface area contributed by atoms with E-state index in [1.165, 1.54) is 30.4 Å². The average Bonchev–Trinajstić information content (AvgIpc) is 2.79. The predicted molar refractivity (Wildman–Crippen MR) is 89.2 cm³/mol. The van der Waals surface area contributed by atoms with Gasteiger partial charge in [-0.2, -0.15) is 0 Å². The average molecular weight is 315 g/mol. The number of urea groups is 1. The largest absolute Gasteiger partial charge is 0.354 e. The highest BCUT2D eigenvalue weighted by Gasteiger charge is 2.21. The zero-order chi connectivity index (χ0) is 16.2. The van der Waals surface area contributed by atoms with Crippen LogP contribution in [0.25, 0.3) is 0 Å². The van der Waals surface area contributed by atoms with Crippen LogP contribution in [-0.2, 0) is 17.6 Å². The smallest absolute Gasteiger partial charge is 0.318 e. The molecule has 0 unspecified atom stereocenters. The molecule has 1 aliphatic heterocycles. The van der Waals surface area contributed by atoms with E-state index in [1.807, 2.05) is 6.92 Å². The van der Waals surface area contributed by atoms with E-state index in [2.05, 4.69) is 28.8 Å². The molecule has 1 heterocycles. The fourth-order valence-electron chi connectivity index (χ4n) is 3.36. The molecule has 0 spiro atoms. The molecular weight excluding hydrogens is 290 g/mol. The van der Waals surface area contributed by atoms with Crippen LogP contribution in [-0.4, -0.2) is 36.5 Å². The molecule has 3 amide bonds. The van der Waals surface area contributed by atoms with Gasteiger partial charge in [0.2, 0.25) is 5.91 Å². The summed E-state index contributed by atoms with van der Waals surface area (Å²) in [6, 6.07) is 6.33. The third-order valence-corrected chi connectivity index (χ3v) is 4.76. The lowest BCUT2D eigenvalue weighted by molar-refractivity contribution is -0.121. The summed E-state index contributed by atoms with van der Waals surface area (Å²) in [4.78, 5) is 25.6. The topological polar surface area (TPSA) is 61.4 Å². The van der Waals surface area contributed by atoms with E-state index in [9.17, 15) is 9.59 Å². The van der Waals surface area contributed by atoms with Crippen LogP contribution in [0.4, 0.5) is 4.79 Å². The molecule has 3 rings (SSSR count). The summed E-state index contributed by atoms with van der Waals surface area (Å²) in [5.41, 5.74) is 4.00. The molecule has 124 valence electrons. The molecule has 1 atom stereocenters. The molecule has 0 aromatic heterocycles. The van der Waals surface area contributed by atoms with E-state index in [1.54, 1.807) is 4.90 Å². The number of carbonyl (C=O) groups is 2. The number of fused-ring (bicyclic) bond motifs is 1. The SMILES string of the molecule is C[C@H](NC(=O)N1CCCNC(=O)C1)c1ccc2c(c1)CCCC2. The van der Waals surface area contributed by atoms with Gasteiger partial charge in [-0.3, -0.25) is 4.79 Å². The Kier molecular flexibility index (Phi) is 4.84. The third kappa shape index (κ3) is 3.84. The normalized spacial score (nSPS) is 19.3. The maximum absolute atomic E-state index is 12.4. The molecule has 5 nitrogen and oxygen atoms in total. The minimum Gasteiger partial charge on any atom is -0.354 e. The summed E-state index contributed by atoms with van der Waals surface area (Å²) in [5.74, 6) is -0.0842. The van der Waals surface area contributed by atoms with Gasteiger partial charge >= 0.3 is 6.03 Å². The minimum atomic E-state index is -0.160. The number of hydrogen-bond donors (Lipinski definition) is 2. The van der Waals surface area contributed by atoms with E-state index < -0.39 is 0 Å². The van der Waals surface area contributed by atoms with E-state index in [0.717, 1.165) is 18.4 Å². The molecule has 2 N–H and O–H groups in total. The van der Waals surface area contributed by atoms with E-state index in [0.29, 0.717) is 13.1 Å². The van der Waals surface area contributed by atoms with Gasteiger partial charge in [0.25, 0.3) is 0 Å². The standard InChI is InChI=1S/C18H25N3O2/c1-13(15-8-7-14-5-2-3-6-16(14)11-15)20-18(23)21-10-4-9-19-17(22)12-21/h7-8,11,13H,2-6,9-10,12H2,1H3,(H,19,22)(H,20,23)/t13-/m0/s1. The van der Waals surface area contributed by atoms with Crippen molar-refractivity contribution in [2.45, 2.75) is 45.1 Å². The first-order valence-electron chi connectivity index (χ1n) is 8.57. The van der Waals surface area contributed by atoms with E-state index >= 15 is 0 Å². The first-order valence-corrected chi connectivity index (χ1v) is 8.57. The Morgan fingerprint density at radius 1 is 1.22 bits per heavy atom. The lowest BCUT2D eigenvalue weighted by atomic mass is 9.89. The summed E-state index contributed by atoms with van der Waals surface area (Å²) in [5, 5.41) is 5.82. The second-order valence-electron chi connectivity index (χ2n) is 6.53. The van der Waals surface area contributed by atoms with Crippen molar-refractivity contribution in [2.24, 2.45) is 0 Å². The second-order valence-corrected chi connectivity index (χ2v) is 6.53. The molecule has 1 aromatic carbocycles. The van der Waals surface area contributed by atoms with Gasteiger partial charge in [-0.25, -0.2) is 4.79 Å². The van der Waals surface area contributed by atoms with Crippen molar-refractivity contribution in [2.75, 3.05) is 19.6 Å². The van der Waals surface area contributed by atoms with Crippen LogP contribution >= 0.6 is 0 Å². The summed E-state index contributed by atoms with van der Waals surface area (Å²) >= 11 is 0. The lowest BCUT2D eigenvalue weighted by Gasteiger charge is -2.24. The van der Waals surface area contributed by atoms with E-state index in [4.69, 9.17) is 0 Å². The molecule has 0 bridgehead atoms. The lowest BCUT2D eigenvalue weighted by Crippen LogP contribution is -2.44. The van der Waals surface area contributed by atoms with Crippen LogP contribution in [0.1, 0.15) is 48.9 Å². The maximum Gasteiger partial charge on any atom is 0.318 e. The molecular formula is C18H25N3O2. The Balaban J connectivity index is 1.65. The third-order valence-electron chi connectivity index (χ3n) is 4.76. The van der Waals surface area contributed by atoms with Gasteiger partial charge in [-0.1, -0.05) is 18.2 Å². The van der Waals surface area contributed by atoms with Crippen molar-refractivity contribution in [1.29, 1.82) is 0 Å². The zero-order valence-electron chi connectivity index (χ0n) is 13.7. The van der Waals surface area contributed by atoms with Crippen LogP contribution in [0.5, 0.6) is 0 Å². The van der Waals surface area contributed by atoms with Gasteiger partial charge in [0.05, 0.1) is 6.04 Å². The Hall–Kier alpha value is -2.04. The van der Waals surface area contributed by atoms with Crippen LogP contribution < -0.4 is 10.6 Å². The molecule has 2 aliphatic rings. The Labute approximate surface area is 137 Å².